The van der Waals surface area contributed by atoms with Crippen LogP contribution >= 0.6 is 11.3 Å². The van der Waals surface area contributed by atoms with Crippen LogP contribution in [0.4, 0.5) is 13.2 Å². The highest BCUT2D eigenvalue weighted by molar-refractivity contribution is 7.11. The second-order valence-corrected chi connectivity index (χ2v) is 12.8. The molecule has 3 aliphatic heterocycles. The summed E-state index contributed by atoms with van der Waals surface area (Å²) in [7, 11) is 0. The lowest BCUT2D eigenvalue weighted by molar-refractivity contribution is -0.202. The number of aryl methyl sites for hydroxylation is 1. The van der Waals surface area contributed by atoms with Crippen LogP contribution in [0, 0.1) is 25.1 Å². The summed E-state index contributed by atoms with van der Waals surface area (Å²) in [5.74, 6) is -5.50. The minimum atomic E-state index is -3.31. The number of alkyl halides is 2. The van der Waals surface area contributed by atoms with Gasteiger partial charge >= 0.3 is 11.9 Å². The Morgan fingerprint density at radius 3 is 2.69 bits per heavy atom. The molecule has 45 heavy (non-hydrogen) atoms. The molecular formula is C30H36F3N5O6S. The number of ether oxygens (including phenoxy) is 1. The number of benzene rings is 1. The number of carboxylic acids is 1. The Hall–Kier alpha value is -3.37. The molecule has 0 amide bonds. The molecule has 0 radical (unpaired) electrons. The van der Waals surface area contributed by atoms with Crippen molar-refractivity contribution in [1.29, 1.82) is 0 Å². The lowest BCUT2D eigenvalue weighted by atomic mass is 9.86. The van der Waals surface area contributed by atoms with Crippen LogP contribution in [0.3, 0.4) is 0 Å². The van der Waals surface area contributed by atoms with E-state index in [4.69, 9.17) is 14.6 Å². The number of nitrogens with one attached hydrogen (secondary N) is 1. The molecule has 4 heterocycles. The van der Waals surface area contributed by atoms with E-state index in [0.29, 0.717) is 16.4 Å². The SMILES string of the molecule is CCOC(=O)C1=C(CN2CC(F)(F)[C@H]3[C@@H]2CON3C[C@H](O)C(C)(C)C(=O)O)NC(c2nc(C)cs2)=N[C@H]1c1cccc(F)c1C. The Morgan fingerprint density at radius 2 is 2.04 bits per heavy atom. The third-order valence-electron chi connectivity index (χ3n) is 8.55. The highest BCUT2D eigenvalue weighted by Crippen LogP contribution is 2.42. The van der Waals surface area contributed by atoms with Crippen molar-refractivity contribution < 1.29 is 42.5 Å². The second kappa shape index (κ2) is 12.4. The van der Waals surface area contributed by atoms with E-state index in [9.17, 15) is 24.2 Å². The molecule has 3 aliphatic rings. The molecule has 2 fully saturated rings. The number of thiazole rings is 1. The Bertz CT molecular complexity index is 1550. The number of aliphatic hydroxyl groups is 1. The quantitative estimate of drug-likeness (QED) is 0.329. The summed E-state index contributed by atoms with van der Waals surface area (Å²) in [6, 6.07) is 1.11. The average Bonchev–Trinajstić information content (AvgIpc) is 3.66. The maximum absolute atomic E-state index is 15.7. The molecule has 1 aromatic heterocycles. The number of halogens is 3. The number of likely N-dealkylation sites (tertiary alicyclic amines) is 1. The van der Waals surface area contributed by atoms with Crippen LogP contribution in [0.1, 0.15) is 48.6 Å². The molecule has 0 spiro atoms. The number of aliphatic hydroxyl groups excluding tert-OH is 1. The highest BCUT2D eigenvalue weighted by atomic mass is 32.1. The summed E-state index contributed by atoms with van der Waals surface area (Å²) in [4.78, 5) is 41.5. The van der Waals surface area contributed by atoms with Gasteiger partial charge in [-0.1, -0.05) is 12.1 Å². The minimum Gasteiger partial charge on any atom is -0.481 e. The Morgan fingerprint density at radius 1 is 1.31 bits per heavy atom. The molecule has 2 aromatic rings. The average molecular weight is 652 g/mol. The zero-order valence-corrected chi connectivity index (χ0v) is 26.3. The first-order chi connectivity index (χ1) is 21.1. The van der Waals surface area contributed by atoms with Crippen molar-refractivity contribution in [3.05, 3.63) is 62.5 Å². The van der Waals surface area contributed by atoms with Crippen molar-refractivity contribution in [1.82, 2.24) is 20.3 Å². The molecule has 4 atom stereocenters. The summed E-state index contributed by atoms with van der Waals surface area (Å²) in [5, 5.41) is 26.6. The summed E-state index contributed by atoms with van der Waals surface area (Å²) in [6.45, 7) is 6.22. The number of amidine groups is 1. The van der Waals surface area contributed by atoms with Gasteiger partial charge in [0.1, 0.15) is 17.9 Å². The number of hydrogen-bond acceptors (Lipinski definition) is 11. The largest absolute Gasteiger partial charge is 0.481 e. The smallest absolute Gasteiger partial charge is 0.338 e. The number of carbonyl (C=O) groups is 2. The summed E-state index contributed by atoms with van der Waals surface area (Å²) in [6.07, 6.45) is -1.49. The van der Waals surface area contributed by atoms with E-state index >= 15 is 8.78 Å². The van der Waals surface area contributed by atoms with E-state index in [0.717, 1.165) is 10.8 Å². The van der Waals surface area contributed by atoms with Crippen LogP contribution < -0.4 is 5.32 Å². The van der Waals surface area contributed by atoms with Crippen molar-refractivity contribution in [3.63, 3.8) is 0 Å². The molecule has 0 saturated carbocycles. The highest BCUT2D eigenvalue weighted by Gasteiger charge is 2.61. The maximum Gasteiger partial charge on any atom is 0.338 e. The molecule has 15 heteroatoms. The van der Waals surface area contributed by atoms with Crippen LogP contribution in [-0.4, -0.2) is 99.9 Å². The van der Waals surface area contributed by atoms with E-state index in [1.807, 2.05) is 12.3 Å². The number of hydrogen-bond donors (Lipinski definition) is 3. The number of fused-ring (bicyclic) bond motifs is 1. The zero-order chi connectivity index (χ0) is 32.8. The van der Waals surface area contributed by atoms with Gasteiger partial charge in [0.25, 0.3) is 5.92 Å². The van der Waals surface area contributed by atoms with Gasteiger partial charge in [0.2, 0.25) is 0 Å². The molecule has 0 bridgehead atoms. The predicted molar refractivity (Wildman–Crippen MR) is 158 cm³/mol. The van der Waals surface area contributed by atoms with E-state index in [2.05, 4.69) is 10.3 Å². The minimum absolute atomic E-state index is 0.0387. The van der Waals surface area contributed by atoms with Crippen molar-refractivity contribution >= 4 is 29.1 Å². The van der Waals surface area contributed by atoms with Crippen molar-refractivity contribution in [3.8, 4) is 0 Å². The lowest BCUT2D eigenvalue weighted by Crippen LogP contribution is -2.51. The lowest BCUT2D eigenvalue weighted by Gasteiger charge is -2.32. The van der Waals surface area contributed by atoms with E-state index in [1.54, 1.807) is 19.9 Å². The molecule has 5 rings (SSSR count). The van der Waals surface area contributed by atoms with Gasteiger partial charge < -0.3 is 20.3 Å². The fourth-order valence-corrected chi connectivity index (χ4v) is 6.53. The number of β-amino-alcohol motifs (C(OH)–C–C–N with tert-alkyl or cyclic N) is 1. The normalized spacial score (nSPS) is 24.3. The first-order valence-corrected chi connectivity index (χ1v) is 15.4. The summed E-state index contributed by atoms with van der Waals surface area (Å²) < 4.78 is 51.5. The molecule has 2 saturated heterocycles. The summed E-state index contributed by atoms with van der Waals surface area (Å²) >= 11 is 1.31. The maximum atomic E-state index is 15.7. The van der Waals surface area contributed by atoms with Crippen LogP contribution in [0.15, 0.2) is 39.8 Å². The Balaban J connectivity index is 1.53. The van der Waals surface area contributed by atoms with Crippen molar-refractivity contribution in [2.24, 2.45) is 10.4 Å². The van der Waals surface area contributed by atoms with Crippen LogP contribution in [-0.2, 0) is 19.2 Å². The standard InChI is InChI=1S/C30H36F3N5O6S/c1-6-43-27(40)22-19(35-25(26-34-15(2)13-45-26)36-23(22)17-8-7-9-18(31)16(17)3)10-37-14-30(32,33)24-20(37)12-44-38(24)11-21(39)29(4,5)28(41)42/h7-9,13,20-21,23-24,39H,6,10-12,14H2,1-5H3,(H,35,36)(H,41,42)/t20-,21-,23-,24+/m0/s1. The van der Waals surface area contributed by atoms with Gasteiger partial charge in [0, 0.05) is 23.3 Å². The molecule has 0 unspecified atom stereocenters. The number of aromatic nitrogens is 1. The Labute approximate surface area is 262 Å². The molecule has 3 N–H and O–H groups in total. The van der Waals surface area contributed by atoms with Gasteiger partial charge in [-0.2, -0.15) is 5.06 Å². The van der Waals surface area contributed by atoms with E-state index in [1.165, 1.54) is 42.2 Å². The number of carbonyl (C=O) groups excluding carboxylic acids is 1. The number of aliphatic imine (C=N–C) groups is 1. The van der Waals surface area contributed by atoms with Gasteiger partial charge in [-0.3, -0.25) is 19.5 Å². The van der Waals surface area contributed by atoms with Crippen molar-refractivity contribution in [2.75, 3.05) is 32.8 Å². The van der Waals surface area contributed by atoms with Gasteiger partial charge in [0.05, 0.1) is 49.4 Å². The number of aliphatic carboxylic acids is 1. The third kappa shape index (κ3) is 6.23. The number of hydroxylamine groups is 2. The van der Waals surface area contributed by atoms with E-state index < -0.39 is 66.4 Å². The fourth-order valence-electron chi connectivity index (χ4n) is 5.78. The van der Waals surface area contributed by atoms with Crippen LogP contribution in [0.25, 0.3) is 0 Å². The van der Waals surface area contributed by atoms with Crippen LogP contribution in [0.2, 0.25) is 0 Å². The van der Waals surface area contributed by atoms with Crippen molar-refractivity contribution in [2.45, 2.75) is 64.8 Å². The molecule has 11 nitrogen and oxygen atoms in total. The molecular weight excluding hydrogens is 615 g/mol. The second-order valence-electron chi connectivity index (χ2n) is 12.0. The molecule has 244 valence electrons. The molecule has 1 aromatic carbocycles. The van der Waals surface area contributed by atoms with Gasteiger partial charge in [0.15, 0.2) is 10.8 Å². The number of nitrogens with zero attached hydrogens (tertiary/aromatic N) is 4. The first-order valence-electron chi connectivity index (χ1n) is 14.5. The number of rotatable bonds is 10. The van der Waals surface area contributed by atoms with Gasteiger partial charge in [-0.05, 0) is 51.8 Å². The third-order valence-corrected chi connectivity index (χ3v) is 9.51. The fraction of sp³-hybridized carbons (Fsp3) is 0.533. The van der Waals surface area contributed by atoms with Gasteiger partial charge in [-0.15, -0.1) is 11.3 Å². The Kier molecular flexibility index (Phi) is 9.12. The predicted octanol–water partition coefficient (Wildman–Crippen LogP) is 3.21. The van der Waals surface area contributed by atoms with Crippen LogP contribution in [0.5, 0.6) is 0 Å². The monoisotopic (exact) mass is 651 g/mol. The van der Waals surface area contributed by atoms with E-state index in [-0.39, 0.29) is 36.6 Å². The topological polar surface area (TPSA) is 137 Å². The zero-order valence-electron chi connectivity index (χ0n) is 25.5. The first kappa shape index (κ1) is 33.0. The summed E-state index contributed by atoms with van der Waals surface area (Å²) in [5.41, 5.74) is 0.134. The number of esters is 1. The number of carboxylic acid groups (broad SMARTS) is 1. The van der Waals surface area contributed by atoms with Gasteiger partial charge in [-0.25, -0.2) is 22.9 Å². The molecule has 0 aliphatic carbocycles.